The SMILES string of the molecule is CCCCc1cc(C=O)ccc1OC. The van der Waals surface area contributed by atoms with Gasteiger partial charge >= 0.3 is 0 Å². The predicted octanol–water partition coefficient (Wildman–Crippen LogP) is 2.85. The zero-order valence-corrected chi connectivity index (χ0v) is 8.75. The third kappa shape index (κ3) is 2.59. The van der Waals surface area contributed by atoms with Crippen molar-refractivity contribution in [2.24, 2.45) is 0 Å². The minimum absolute atomic E-state index is 0.719. The number of carbonyl (C=O) groups excluding carboxylic acids is 1. The van der Waals surface area contributed by atoms with Crippen molar-refractivity contribution in [2.75, 3.05) is 7.11 Å². The lowest BCUT2D eigenvalue weighted by Crippen LogP contribution is -1.94. The van der Waals surface area contributed by atoms with E-state index in [4.69, 9.17) is 4.74 Å². The molecule has 2 nitrogen and oxygen atoms in total. The minimum atomic E-state index is 0.719. The van der Waals surface area contributed by atoms with Gasteiger partial charge in [0.2, 0.25) is 0 Å². The summed E-state index contributed by atoms with van der Waals surface area (Å²) in [6, 6.07) is 5.54. The van der Waals surface area contributed by atoms with E-state index in [1.807, 2.05) is 12.1 Å². The lowest BCUT2D eigenvalue weighted by molar-refractivity contribution is 0.112. The van der Waals surface area contributed by atoms with E-state index in [0.29, 0.717) is 0 Å². The van der Waals surface area contributed by atoms with Crippen molar-refractivity contribution in [3.63, 3.8) is 0 Å². The highest BCUT2D eigenvalue weighted by molar-refractivity contribution is 5.75. The summed E-state index contributed by atoms with van der Waals surface area (Å²) in [6.45, 7) is 2.15. The maximum atomic E-state index is 10.6. The molecule has 0 saturated heterocycles. The van der Waals surface area contributed by atoms with Gasteiger partial charge in [0.25, 0.3) is 0 Å². The van der Waals surface area contributed by atoms with Crippen molar-refractivity contribution >= 4 is 6.29 Å². The van der Waals surface area contributed by atoms with Crippen LogP contribution in [0.2, 0.25) is 0 Å². The lowest BCUT2D eigenvalue weighted by atomic mass is 10.0. The molecular formula is C12H16O2. The van der Waals surface area contributed by atoms with Gasteiger partial charge in [0.1, 0.15) is 12.0 Å². The standard InChI is InChI=1S/C12H16O2/c1-3-4-5-11-8-10(9-13)6-7-12(11)14-2/h6-9H,3-5H2,1-2H3. The lowest BCUT2D eigenvalue weighted by Gasteiger charge is -2.08. The number of carbonyl (C=O) groups is 1. The Balaban J connectivity index is 2.89. The highest BCUT2D eigenvalue weighted by atomic mass is 16.5. The first-order valence-corrected chi connectivity index (χ1v) is 4.94. The Morgan fingerprint density at radius 2 is 2.21 bits per heavy atom. The van der Waals surface area contributed by atoms with E-state index < -0.39 is 0 Å². The van der Waals surface area contributed by atoms with Crippen LogP contribution in [-0.2, 0) is 6.42 Å². The van der Waals surface area contributed by atoms with Gasteiger partial charge in [-0.15, -0.1) is 0 Å². The Labute approximate surface area is 84.9 Å². The summed E-state index contributed by atoms with van der Waals surface area (Å²) in [5, 5.41) is 0. The van der Waals surface area contributed by atoms with Crippen LogP contribution in [0.1, 0.15) is 35.7 Å². The van der Waals surface area contributed by atoms with Crippen molar-refractivity contribution < 1.29 is 9.53 Å². The van der Waals surface area contributed by atoms with Crippen LogP contribution in [0.3, 0.4) is 0 Å². The van der Waals surface area contributed by atoms with E-state index in [1.165, 1.54) is 0 Å². The van der Waals surface area contributed by atoms with Crippen LogP contribution in [0.4, 0.5) is 0 Å². The van der Waals surface area contributed by atoms with Gasteiger partial charge in [0, 0.05) is 5.56 Å². The van der Waals surface area contributed by atoms with E-state index in [2.05, 4.69) is 6.92 Å². The molecule has 0 radical (unpaired) electrons. The number of methoxy groups -OCH3 is 1. The summed E-state index contributed by atoms with van der Waals surface area (Å²) < 4.78 is 5.23. The van der Waals surface area contributed by atoms with Crippen LogP contribution >= 0.6 is 0 Å². The second-order valence-electron chi connectivity index (χ2n) is 3.29. The molecule has 0 spiro atoms. The number of hydrogen-bond donors (Lipinski definition) is 0. The summed E-state index contributed by atoms with van der Waals surface area (Å²) in [4.78, 5) is 10.6. The van der Waals surface area contributed by atoms with E-state index in [0.717, 1.165) is 42.4 Å². The molecule has 0 aromatic heterocycles. The Bertz CT molecular complexity index is 305. The molecule has 2 heteroatoms. The second kappa shape index (κ2) is 5.43. The maximum Gasteiger partial charge on any atom is 0.150 e. The fraction of sp³-hybridized carbons (Fsp3) is 0.417. The highest BCUT2D eigenvalue weighted by Gasteiger charge is 2.03. The smallest absolute Gasteiger partial charge is 0.150 e. The zero-order valence-electron chi connectivity index (χ0n) is 8.75. The molecule has 0 aliphatic rings. The van der Waals surface area contributed by atoms with Crippen molar-refractivity contribution in [1.29, 1.82) is 0 Å². The Kier molecular flexibility index (Phi) is 4.17. The van der Waals surface area contributed by atoms with Gasteiger partial charge in [-0.25, -0.2) is 0 Å². The molecule has 0 N–H and O–H groups in total. The molecule has 0 atom stereocenters. The Hall–Kier alpha value is -1.31. The molecule has 1 rings (SSSR count). The molecule has 0 amide bonds. The van der Waals surface area contributed by atoms with Gasteiger partial charge in [-0.1, -0.05) is 13.3 Å². The van der Waals surface area contributed by atoms with Gasteiger partial charge in [-0.2, -0.15) is 0 Å². The number of hydrogen-bond acceptors (Lipinski definition) is 2. The molecule has 76 valence electrons. The number of unbranched alkanes of at least 4 members (excludes halogenated alkanes) is 1. The maximum absolute atomic E-state index is 10.6. The summed E-state index contributed by atoms with van der Waals surface area (Å²) in [5.74, 6) is 0.879. The van der Waals surface area contributed by atoms with Gasteiger partial charge in [0.05, 0.1) is 7.11 Å². The molecule has 0 saturated carbocycles. The summed E-state index contributed by atoms with van der Waals surface area (Å²) in [5.41, 5.74) is 1.84. The van der Waals surface area contributed by atoms with Crippen molar-refractivity contribution in [3.05, 3.63) is 29.3 Å². The number of ether oxygens (including phenoxy) is 1. The molecule has 1 aromatic carbocycles. The van der Waals surface area contributed by atoms with Crippen LogP contribution in [0.25, 0.3) is 0 Å². The molecule has 0 heterocycles. The van der Waals surface area contributed by atoms with Gasteiger partial charge in [-0.05, 0) is 36.6 Å². The van der Waals surface area contributed by atoms with Crippen molar-refractivity contribution in [1.82, 2.24) is 0 Å². The van der Waals surface area contributed by atoms with Crippen molar-refractivity contribution in [3.8, 4) is 5.75 Å². The molecule has 0 fully saturated rings. The first kappa shape index (κ1) is 10.8. The Morgan fingerprint density at radius 3 is 2.79 bits per heavy atom. The van der Waals surface area contributed by atoms with Crippen LogP contribution in [0, 0.1) is 0 Å². The third-order valence-corrected chi connectivity index (χ3v) is 2.24. The fourth-order valence-corrected chi connectivity index (χ4v) is 1.43. The van der Waals surface area contributed by atoms with Gasteiger partial charge < -0.3 is 4.74 Å². The first-order valence-electron chi connectivity index (χ1n) is 4.94. The van der Waals surface area contributed by atoms with E-state index in [9.17, 15) is 4.79 Å². The van der Waals surface area contributed by atoms with Crippen LogP contribution in [0.5, 0.6) is 5.75 Å². The van der Waals surface area contributed by atoms with E-state index in [1.54, 1.807) is 13.2 Å². The average Bonchev–Trinajstić information content (AvgIpc) is 2.25. The normalized spacial score (nSPS) is 9.86. The Morgan fingerprint density at radius 1 is 1.43 bits per heavy atom. The predicted molar refractivity (Wildman–Crippen MR) is 57.0 cm³/mol. The monoisotopic (exact) mass is 192 g/mol. The third-order valence-electron chi connectivity index (χ3n) is 2.24. The summed E-state index contributed by atoms with van der Waals surface area (Å²) >= 11 is 0. The second-order valence-corrected chi connectivity index (χ2v) is 3.29. The molecular weight excluding hydrogens is 176 g/mol. The molecule has 0 aliphatic carbocycles. The fourth-order valence-electron chi connectivity index (χ4n) is 1.43. The van der Waals surface area contributed by atoms with E-state index in [-0.39, 0.29) is 0 Å². The molecule has 0 unspecified atom stereocenters. The zero-order chi connectivity index (χ0) is 10.4. The number of aldehydes is 1. The quantitative estimate of drug-likeness (QED) is 0.670. The molecule has 0 aliphatic heterocycles. The largest absolute Gasteiger partial charge is 0.496 e. The van der Waals surface area contributed by atoms with E-state index >= 15 is 0 Å². The summed E-state index contributed by atoms with van der Waals surface area (Å²) in [7, 11) is 1.66. The van der Waals surface area contributed by atoms with Gasteiger partial charge in [-0.3, -0.25) is 4.79 Å². The topological polar surface area (TPSA) is 26.3 Å². The molecule has 14 heavy (non-hydrogen) atoms. The number of benzene rings is 1. The minimum Gasteiger partial charge on any atom is -0.496 e. The molecule has 0 bridgehead atoms. The number of aryl methyl sites for hydroxylation is 1. The first-order chi connectivity index (χ1) is 6.81. The van der Waals surface area contributed by atoms with Crippen LogP contribution in [-0.4, -0.2) is 13.4 Å². The highest BCUT2D eigenvalue weighted by Crippen LogP contribution is 2.21. The van der Waals surface area contributed by atoms with Crippen molar-refractivity contribution in [2.45, 2.75) is 26.2 Å². The molecule has 1 aromatic rings. The summed E-state index contributed by atoms with van der Waals surface area (Å²) in [6.07, 6.45) is 4.11. The average molecular weight is 192 g/mol. The van der Waals surface area contributed by atoms with Crippen LogP contribution in [0.15, 0.2) is 18.2 Å². The van der Waals surface area contributed by atoms with Gasteiger partial charge in [0.15, 0.2) is 0 Å². The number of rotatable bonds is 5. The van der Waals surface area contributed by atoms with Crippen LogP contribution < -0.4 is 4.74 Å².